The van der Waals surface area contributed by atoms with Gasteiger partial charge in [-0.25, -0.2) is 0 Å². The molecule has 2 heterocycles. The number of hydrogen-bond acceptors (Lipinski definition) is 3. The Bertz CT molecular complexity index is 298. The molecule has 1 saturated heterocycles. The topological polar surface area (TPSA) is 23.5 Å². The molecule has 2 atom stereocenters. The normalized spacial score (nSPS) is 34.6. The molecular weight excluding hydrogens is 194 g/mol. The molecule has 3 heteroatoms. The summed E-state index contributed by atoms with van der Waals surface area (Å²) in [7, 11) is 2.12. The van der Waals surface area contributed by atoms with Crippen LogP contribution in [0.5, 0.6) is 0 Å². The molecule has 0 aromatic carbocycles. The fraction of sp³-hybridized carbons (Fsp3) is 0.636. The molecular formula is C11H17NOS. The second-order valence-electron chi connectivity index (χ2n) is 4.33. The van der Waals surface area contributed by atoms with Crippen molar-refractivity contribution >= 4 is 11.3 Å². The van der Waals surface area contributed by atoms with Crippen molar-refractivity contribution in [3.05, 3.63) is 22.4 Å². The lowest BCUT2D eigenvalue weighted by atomic mass is 9.83. The summed E-state index contributed by atoms with van der Waals surface area (Å²) in [6.45, 7) is 3.16. The minimum Gasteiger partial charge on any atom is -0.385 e. The van der Waals surface area contributed by atoms with Crippen molar-refractivity contribution in [3.63, 3.8) is 0 Å². The van der Waals surface area contributed by atoms with Gasteiger partial charge in [-0.15, -0.1) is 0 Å². The first kappa shape index (κ1) is 10.1. The highest BCUT2D eigenvalue weighted by atomic mass is 32.1. The van der Waals surface area contributed by atoms with Gasteiger partial charge in [-0.1, -0.05) is 0 Å². The van der Waals surface area contributed by atoms with E-state index in [2.05, 4.69) is 24.3 Å². The number of rotatable bonds is 1. The van der Waals surface area contributed by atoms with Gasteiger partial charge in [0.25, 0.3) is 0 Å². The standard InChI is InChI=1S/C11H17NOS/c1-9-7-11(13,4-5-12(9)2)10-3-6-14-8-10/h3,6,8-9,13H,4-5,7H2,1-2H3. The van der Waals surface area contributed by atoms with Crippen molar-refractivity contribution in [2.75, 3.05) is 13.6 Å². The number of aliphatic hydroxyl groups is 1. The van der Waals surface area contributed by atoms with Crippen LogP contribution in [0.15, 0.2) is 16.8 Å². The Morgan fingerprint density at radius 1 is 1.64 bits per heavy atom. The molecule has 0 amide bonds. The maximum absolute atomic E-state index is 10.5. The molecule has 14 heavy (non-hydrogen) atoms. The van der Waals surface area contributed by atoms with E-state index in [9.17, 15) is 5.11 Å². The Morgan fingerprint density at radius 2 is 2.43 bits per heavy atom. The lowest BCUT2D eigenvalue weighted by molar-refractivity contribution is -0.0405. The summed E-state index contributed by atoms with van der Waals surface area (Å²) in [5.41, 5.74) is 0.522. The number of likely N-dealkylation sites (tertiary alicyclic amines) is 1. The first-order chi connectivity index (χ1) is 6.62. The average Bonchev–Trinajstić information content (AvgIpc) is 2.65. The molecule has 1 aromatic rings. The molecule has 2 unspecified atom stereocenters. The van der Waals surface area contributed by atoms with Crippen LogP contribution in [0.1, 0.15) is 25.3 Å². The third-order valence-corrected chi connectivity index (χ3v) is 4.01. The minimum absolute atomic E-state index is 0.466. The van der Waals surface area contributed by atoms with Crippen molar-refractivity contribution in [2.45, 2.75) is 31.4 Å². The number of hydrogen-bond donors (Lipinski definition) is 1. The van der Waals surface area contributed by atoms with Gasteiger partial charge in [-0.05, 0) is 49.2 Å². The minimum atomic E-state index is -0.577. The van der Waals surface area contributed by atoms with Gasteiger partial charge < -0.3 is 10.0 Å². The molecule has 0 spiro atoms. The molecule has 2 nitrogen and oxygen atoms in total. The summed E-state index contributed by atoms with van der Waals surface area (Å²) >= 11 is 1.66. The highest BCUT2D eigenvalue weighted by Gasteiger charge is 2.36. The van der Waals surface area contributed by atoms with E-state index in [1.165, 1.54) is 0 Å². The van der Waals surface area contributed by atoms with Crippen LogP contribution in [0.25, 0.3) is 0 Å². The molecule has 1 aliphatic rings. The first-order valence-corrected chi connectivity index (χ1v) is 6.01. The van der Waals surface area contributed by atoms with Crippen LogP contribution in [-0.2, 0) is 5.60 Å². The van der Waals surface area contributed by atoms with Crippen LogP contribution in [0, 0.1) is 0 Å². The zero-order valence-electron chi connectivity index (χ0n) is 8.73. The maximum Gasteiger partial charge on any atom is 0.0931 e. The largest absolute Gasteiger partial charge is 0.385 e. The van der Waals surface area contributed by atoms with Crippen LogP contribution < -0.4 is 0 Å². The Balaban J connectivity index is 2.18. The van der Waals surface area contributed by atoms with Crippen LogP contribution in [0.3, 0.4) is 0 Å². The zero-order valence-corrected chi connectivity index (χ0v) is 9.55. The fourth-order valence-electron chi connectivity index (χ4n) is 2.12. The zero-order chi connectivity index (χ0) is 10.2. The van der Waals surface area contributed by atoms with Gasteiger partial charge in [0.05, 0.1) is 5.60 Å². The van der Waals surface area contributed by atoms with E-state index in [1.54, 1.807) is 11.3 Å². The maximum atomic E-state index is 10.5. The Labute approximate surface area is 89.2 Å². The van der Waals surface area contributed by atoms with E-state index >= 15 is 0 Å². The average molecular weight is 211 g/mol. The molecule has 0 bridgehead atoms. The summed E-state index contributed by atoms with van der Waals surface area (Å²) in [5, 5.41) is 14.6. The van der Waals surface area contributed by atoms with E-state index in [-0.39, 0.29) is 0 Å². The number of thiophene rings is 1. The van der Waals surface area contributed by atoms with Crippen LogP contribution in [-0.4, -0.2) is 29.6 Å². The quantitative estimate of drug-likeness (QED) is 0.768. The van der Waals surface area contributed by atoms with Gasteiger partial charge in [-0.2, -0.15) is 11.3 Å². The fourth-order valence-corrected chi connectivity index (χ4v) is 2.87. The van der Waals surface area contributed by atoms with E-state index in [0.29, 0.717) is 6.04 Å². The van der Waals surface area contributed by atoms with Crippen LogP contribution in [0.2, 0.25) is 0 Å². The third-order valence-electron chi connectivity index (χ3n) is 3.32. The van der Waals surface area contributed by atoms with Crippen LogP contribution >= 0.6 is 11.3 Å². The van der Waals surface area contributed by atoms with E-state index in [4.69, 9.17) is 0 Å². The predicted molar refractivity (Wildman–Crippen MR) is 59.5 cm³/mol. The van der Waals surface area contributed by atoms with Gasteiger partial charge >= 0.3 is 0 Å². The van der Waals surface area contributed by atoms with Gasteiger partial charge in [0.15, 0.2) is 0 Å². The lowest BCUT2D eigenvalue weighted by Crippen LogP contribution is -2.45. The number of nitrogens with zero attached hydrogens (tertiary/aromatic N) is 1. The molecule has 1 N–H and O–H groups in total. The summed E-state index contributed by atoms with van der Waals surface area (Å²) in [4.78, 5) is 2.31. The second-order valence-corrected chi connectivity index (χ2v) is 5.11. The first-order valence-electron chi connectivity index (χ1n) is 5.07. The summed E-state index contributed by atoms with van der Waals surface area (Å²) < 4.78 is 0. The molecule has 0 radical (unpaired) electrons. The van der Waals surface area contributed by atoms with Crippen molar-refractivity contribution in [1.82, 2.24) is 4.90 Å². The van der Waals surface area contributed by atoms with E-state index in [1.807, 2.05) is 11.4 Å². The molecule has 1 aliphatic heterocycles. The Hall–Kier alpha value is -0.380. The van der Waals surface area contributed by atoms with Crippen LogP contribution in [0.4, 0.5) is 0 Å². The highest BCUT2D eigenvalue weighted by molar-refractivity contribution is 7.08. The molecule has 1 fully saturated rings. The van der Waals surface area contributed by atoms with Gasteiger partial charge in [0, 0.05) is 12.6 Å². The molecule has 0 aliphatic carbocycles. The van der Waals surface area contributed by atoms with E-state index in [0.717, 1.165) is 24.9 Å². The Morgan fingerprint density at radius 3 is 3.00 bits per heavy atom. The monoisotopic (exact) mass is 211 g/mol. The second kappa shape index (κ2) is 3.65. The van der Waals surface area contributed by atoms with Crippen molar-refractivity contribution in [2.24, 2.45) is 0 Å². The highest BCUT2D eigenvalue weighted by Crippen LogP contribution is 2.35. The molecule has 0 saturated carbocycles. The lowest BCUT2D eigenvalue weighted by Gasteiger charge is -2.40. The predicted octanol–water partition coefficient (Wildman–Crippen LogP) is 2.05. The molecule has 78 valence electrons. The summed E-state index contributed by atoms with van der Waals surface area (Å²) in [6, 6.07) is 2.51. The molecule has 2 rings (SSSR count). The van der Waals surface area contributed by atoms with E-state index < -0.39 is 5.60 Å². The van der Waals surface area contributed by atoms with Crippen molar-refractivity contribution in [3.8, 4) is 0 Å². The summed E-state index contributed by atoms with van der Waals surface area (Å²) in [6.07, 6.45) is 1.70. The molecule has 1 aromatic heterocycles. The number of piperidine rings is 1. The van der Waals surface area contributed by atoms with Gasteiger partial charge in [0.2, 0.25) is 0 Å². The van der Waals surface area contributed by atoms with Gasteiger partial charge in [0.1, 0.15) is 0 Å². The van der Waals surface area contributed by atoms with Crippen molar-refractivity contribution < 1.29 is 5.11 Å². The SMILES string of the molecule is CC1CC(O)(c2ccsc2)CCN1C. The third kappa shape index (κ3) is 1.72. The van der Waals surface area contributed by atoms with Gasteiger partial charge in [-0.3, -0.25) is 0 Å². The van der Waals surface area contributed by atoms with Crippen molar-refractivity contribution in [1.29, 1.82) is 0 Å². The smallest absolute Gasteiger partial charge is 0.0931 e. The summed E-state index contributed by atoms with van der Waals surface area (Å²) in [5.74, 6) is 0. The Kier molecular flexibility index (Phi) is 2.64.